The Morgan fingerprint density at radius 2 is 1.45 bits per heavy atom. The van der Waals surface area contributed by atoms with Crippen molar-refractivity contribution < 1.29 is 0 Å². The molecule has 1 atom stereocenters. The maximum absolute atomic E-state index is 4.74. The van der Waals surface area contributed by atoms with Gasteiger partial charge in [-0.25, -0.2) is 0 Å². The minimum atomic E-state index is 0.696. The molecule has 0 amide bonds. The number of thiol groups is 1. The summed E-state index contributed by atoms with van der Waals surface area (Å²) in [4.78, 5) is 0. The summed E-state index contributed by atoms with van der Waals surface area (Å²) in [5.74, 6) is 0. The van der Waals surface area contributed by atoms with Crippen molar-refractivity contribution in [1.29, 1.82) is 0 Å². The fraction of sp³-hybridized carbons (Fsp3) is 1.00. The third kappa shape index (κ3) is 1.32. The molecule has 0 bridgehead atoms. The Labute approximate surface area is 75.2 Å². The van der Waals surface area contributed by atoms with Gasteiger partial charge in [0.15, 0.2) is 0 Å². The van der Waals surface area contributed by atoms with E-state index in [1.165, 1.54) is 51.4 Å². The van der Waals surface area contributed by atoms with Gasteiger partial charge in [-0.2, -0.15) is 12.6 Å². The number of rotatable bonds is 0. The smallest absolute Gasteiger partial charge is 0.00732 e. The highest BCUT2D eigenvalue weighted by Gasteiger charge is 2.40. The average Bonchev–Trinajstić information content (AvgIpc) is 2.46. The molecule has 1 heteroatoms. The molecule has 0 aromatic carbocycles. The van der Waals surface area contributed by atoms with Gasteiger partial charge in [-0.3, -0.25) is 0 Å². The van der Waals surface area contributed by atoms with Crippen molar-refractivity contribution in [3.63, 3.8) is 0 Å². The fourth-order valence-corrected chi connectivity index (χ4v) is 3.52. The lowest BCUT2D eigenvalue weighted by molar-refractivity contribution is 0.209. The van der Waals surface area contributed by atoms with Crippen molar-refractivity contribution in [2.75, 3.05) is 0 Å². The van der Waals surface area contributed by atoms with Crippen LogP contribution in [0.25, 0.3) is 0 Å². The van der Waals surface area contributed by atoms with Gasteiger partial charge in [0.1, 0.15) is 0 Å². The zero-order valence-electron chi connectivity index (χ0n) is 7.18. The summed E-state index contributed by atoms with van der Waals surface area (Å²) in [5.41, 5.74) is 0.696. The standard InChI is InChI=1S/C10H18S/c11-9-5-1-2-6-10(9)7-3-4-8-10/h9,11H,1-8H2. The van der Waals surface area contributed by atoms with Crippen LogP contribution in [0.15, 0.2) is 0 Å². The fourth-order valence-electron chi connectivity index (χ4n) is 2.95. The molecule has 0 radical (unpaired) electrons. The van der Waals surface area contributed by atoms with Crippen molar-refractivity contribution in [3.05, 3.63) is 0 Å². The van der Waals surface area contributed by atoms with Gasteiger partial charge in [-0.05, 0) is 31.1 Å². The van der Waals surface area contributed by atoms with Crippen LogP contribution in [-0.2, 0) is 0 Å². The first-order chi connectivity index (χ1) is 5.33. The first kappa shape index (κ1) is 7.97. The molecule has 2 saturated carbocycles. The van der Waals surface area contributed by atoms with Crippen molar-refractivity contribution >= 4 is 12.6 Å². The molecule has 0 aromatic heterocycles. The van der Waals surface area contributed by atoms with E-state index < -0.39 is 0 Å². The first-order valence-corrected chi connectivity index (χ1v) is 5.53. The van der Waals surface area contributed by atoms with Gasteiger partial charge in [0.05, 0.1) is 0 Å². The molecule has 0 saturated heterocycles. The van der Waals surface area contributed by atoms with E-state index in [0.717, 1.165) is 5.25 Å². The SMILES string of the molecule is SC1CCCCC12CCCC2. The maximum atomic E-state index is 4.74. The zero-order valence-corrected chi connectivity index (χ0v) is 8.08. The molecule has 11 heavy (non-hydrogen) atoms. The molecule has 2 aliphatic carbocycles. The molecule has 1 spiro atoms. The first-order valence-electron chi connectivity index (χ1n) is 5.02. The summed E-state index contributed by atoms with van der Waals surface area (Å²) in [5, 5.41) is 0.735. The molecule has 2 fully saturated rings. The van der Waals surface area contributed by atoms with E-state index in [1.807, 2.05) is 0 Å². The minimum absolute atomic E-state index is 0.696. The molecule has 1 unspecified atom stereocenters. The van der Waals surface area contributed by atoms with Crippen LogP contribution in [0.4, 0.5) is 0 Å². The second kappa shape index (κ2) is 3.01. The maximum Gasteiger partial charge on any atom is 0.00732 e. The molecular formula is C10H18S. The molecule has 0 aromatic rings. The van der Waals surface area contributed by atoms with Crippen LogP contribution in [0.3, 0.4) is 0 Å². The van der Waals surface area contributed by atoms with E-state index in [9.17, 15) is 0 Å². The van der Waals surface area contributed by atoms with Crippen molar-refractivity contribution in [1.82, 2.24) is 0 Å². The summed E-state index contributed by atoms with van der Waals surface area (Å²) < 4.78 is 0. The Bertz CT molecular complexity index is 136. The highest BCUT2D eigenvalue weighted by Crippen LogP contribution is 2.50. The average molecular weight is 170 g/mol. The molecule has 2 aliphatic rings. The Morgan fingerprint density at radius 3 is 2.09 bits per heavy atom. The van der Waals surface area contributed by atoms with Gasteiger partial charge in [-0.15, -0.1) is 0 Å². The molecule has 0 nitrogen and oxygen atoms in total. The molecule has 64 valence electrons. The van der Waals surface area contributed by atoms with Gasteiger partial charge in [0.2, 0.25) is 0 Å². The second-order valence-electron chi connectivity index (χ2n) is 4.33. The summed E-state index contributed by atoms with van der Waals surface area (Å²) in [6.07, 6.45) is 11.6. The Kier molecular flexibility index (Phi) is 2.18. The van der Waals surface area contributed by atoms with Gasteiger partial charge < -0.3 is 0 Å². The topological polar surface area (TPSA) is 0 Å². The van der Waals surface area contributed by atoms with Gasteiger partial charge in [-0.1, -0.05) is 25.7 Å². The molecule has 2 rings (SSSR count). The predicted octanol–water partition coefficient (Wildman–Crippen LogP) is 3.42. The highest BCUT2D eigenvalue weighted by atomic mass is 32.1. The molecule has 0 N–H and O–H groups in total. The van der Waals surface area contributed by atoms with Gasteiger partial charge >= 0.3 is 0 Å². The molecular weight excluding hydrogens is 152 g/mol. The summed E-state index contributed by atoms with van der Waals surface area (Å²) in [6, 6.07) is 0. The quantitative estimate of drug-likeness (QED) is 0.529. The van der Waals surface area contributed by atoms with Crippen molar-refractivity contribution in [2.45, 2.75) is 56.6 Å². The second-order valence-corrected chi connectivity index (χ2v) is 4.95. The van der Waals surface area contributed by atoms with E-state index >= 15 is 0 Å². The summed E-state index contributed by atoms with van der Waals surface area (Å²) >= 11 is 4.74. The van der Waals surface area contributed by atoms with Crippen molar-refractivity contribution in [2.24, 2.45) is 5.41 Å². The largest absolute Gasteiger partial charge is 0.175 e. The third-order valence-corrected chi connectivity index (χ3v) is 4.51. The van der Waals surface area contributed by atoms with Crippen LogP contribution in [0.2, 0.25) is 0 Å². The number of hydrogen-bond donors (Lipinski definition) is 1. The van der Waals surface area contributed by atoms with Gasteiger partial charge in [0.25, 0.3) is 0 Å². The minimum Gasteiger partial charge on any atom is -0.175 e. The van der Waals surface area contributed by atoms with E-state index in [4.69, 9.17) is 12.6 Å². The lowest BCUT2D eigenvalue weighted by Crippen LogP contribution is -2.31. The molecule has 0 aliphatic heterocycles. The highest BCUT2D eigenvalue weighted by molar-refractivity contribution is 7.81. The normalized spacial score (nSPS) is 36.3. The van der Waals surface area contributed by atoms with E-state index in [-0.39, 0.29) is 0 Å². The summed E-state index contributed by atoms with van der Waals surface area (Å²) in [6.45, 7) is 0. The van der Waals surface area contributed by atoms with E-state index in [2.05, 4.69) is 0 Å². The van der Waals surface area contributed by atoms with Crippen LogP contribution in [-0.4, -0.2) is 5.25 Å². The number of hydrogen-bond acceptors (Lipinski definition) is 1. The Morgan fingerprint density at radius 1 is 0.909 bits per heavy atom. The van der Waals surface area contributed by atoms with Crippen LogP contribution in [0.1, 0.15) is 51.4 Å². The van der Waals surface area contributed by atoms with Crippen LogP contribution in [0, 0.1) is 5.41 Å². The van der Waals surface area contributed by atoms with E-state index in [0.29, 0.717) is 5.41 Å². The van der Waals surface area contributed by atoms with Crippen LogP contribution < -0.4 is 0 Å². The Balaban J connectivity index is 2.07. The summed E-state index contributed by atoms with van der Waals surface area (Å²) in [7, 11) is 0. The monoisotopic (exact) mass is 170 g/mol. The third-order valence-electron chi connectivity index (χ3n) is 3.71. The van der Waals surface area contributed by atoms with Gasteiger partial charge in [0, 0.05) is 5.25 Å². The predicted molar refractivity (Wildman–Crippen MR) is 52.1 cm³/mol. The lowest BCUT2D eigenvalue weighted by Gasteiger charge is -2.38. The molecule has 0 heterocycles. The zero-order chi connectivity index (χ0) is 7.73. The Hall–Kier alpha value is 0.350. The van der Waals surface area contributed by atoms with Crippen LogP contribution >= 0.6 is 12.6 Å². The van der Waals surface area contributed by atoms with E-state index in [1.54, 1.807) is 0 Å². The van der Waals surface area contributed by atoms with Crippen molar-refractivity contribution in [3.8, 4) is 0 Å². The van der Waals surface area contributed by atoms with Crippen LogP contribution in [0.5, 0.6) is 0 Å². The lowest BCUT2D eigenvalue weighted by atomic mass is 9.72.